The first-order valence-electron chi connectivity index (χ1n) is 15.1. The number of hydrogen-bond donors (Lipinski definition) is 6. The molecular formula is C33H38N4O10. The van der Waals surface area contributed by atoms with Crippen LogP contribution in [0.4, 0.5) is 17.1 Å². The number of likely N-dealkylation sites (N-methyl/N-ethyl adjacent to an activating group) is 1. The van der Waals surface area contributed by atoms with Crippen molar-refractivity contribution >= 4 is 34.8 Å². The zero-order valence-corrected chi connectivity index (χ0v) is 25.9. The fourth-order valence-electron chi connectivity index (χ4n) is 5.39. The number of anilines is 3. The van der Waals surface area contributed by atoms with E-state index in [1.54, 1.807) is 36.4 Å². The molecule has 0 unspecified atom stereocenters. The van der Waals surface area contributed by atoms with Gasteiger partial charge in [-0.2, -0.15) is 0 Å². The number of carboxylic acid groups (broad SMARTS) is 1. The Labute approximate surface area is 271 Å². The van der Waals surface area contributed by atoms with Gasteiger partial charge in [0.05, 0.1) is 12.8 Å². The molecule has 0 aromatic heterocycles. The van der Waals surface area contributed by atoms with Gasteiger partial charge in [0, 0.05) is 36.4 Å². The molecule has 5 atom stereocenters. The molecule has 6 N–H and O–H groups in total. The highest BCUT2D eigenvalue weighted by Gasteiger charge is 2.48. The third-order valence-corrected chi connectivity index (χ3v) is 8.14. The van der Waals surface area contributed by atoms with Gasteiger partial charge >= 0.3 is 5.97 Å². The van der Waals surface area contributed by atoms with E-state index in [1.807, 2.05) is 12.1 Å². The molecule has 2 fully saturated rings. The van der Waals surface area contributed by atoms with E-state index in [9.17, 15) is 34.8 Å². The van der Waals surface area contributed by atoms with Crippen LogP contribution in [0.5, 0.6) is 11.5 Å². The zero-order valence-electron chi connectivity index (χ0n) is 25.9. The standard InChI is InChI=1S/C33H38N4O10/c1-36-15-4-16-37(18-17-36)21-11-7-19(8-12-21)31(42)35-25-23(34-30(41)20-9-13-22(45-2)14-10-20)5-3-6-24(25)46-33-28(40)26(38)27(39)29(47-33)32(43)44/h3,5-14,26-29,33,38-40H,4,15-18H2,1-2H3,(H,34,41)(H,35,42)(H,43,44)/t26-,27-,28+,29-,33-/m0/s1. The number of amides is 2. The first-order chi connectivity index (χ1) is 22.5. The first kappa shape index (κ1) is 33.6. The lowest BCUT2D eigenvalue weighted by Gasteiger charge is -2.38. The summed E-state index contributed by atoms with van der Waals surface area (Å²) in [5.41, 5.74) is 1.66. The summed E-state index contributed by atoms with van der Waals surface area (Å²) in [7, 11) is 3.59. The van der Waals surface area contributed by atoms with Gasteiger partial charge in [0.25, 0.3) is 11.8 Å². The van der Waals surface area contributed by atoms with Crippen LogP contribution in [0.15, 0.2) is 66.7 Å². The Morgan fingerprint density at radius 3 is 2.13 bits per heavy atom. The first-order valence-corrected chi connectivity index (χ1v) is 15.1. The number of hydrogen-bond acceptors (Lipinski definition) is 11. The highest BCUT2D eigenvalue weighted by Crippen LogP contribution is 2.36. The lowest BCUT2D eigenvalue weighted by atomic mass is 9.99. The molecule has 2 saturated heterocycles. The number of aliphatic carboxylic acids is 1. The molecule has 2 amide bonds. The maximum Gasteiger partial charge on any atom is 0.335 e. The monoisotopic (exact) mass is 650 g/mol. The van der Waals surface area contributed by atoms with Gasteiger partial charge in [-0.1, -0.05) is 6.07 Å². The fraction of sp³-hybridized carbons (Fsp3) is 0.364. The minimum Gasteiger partial charge on any atom is -0.497 e. The molecule has 3 aromatic rings. The number of aliphatic hydroxyl groups excluding tert-OH is 3. The number of rotatable bonds is 9. The second-order valence-corrected chi connectivity index (χ2v) is 11.4. The zero-order chi connectivity index (χ0) is 33.7. The number of ether oxygens (including phenoxy) is 3. The highest BCUT2D eigenvalue weighted by molar-refractivity contribution is 6.11. The Morgan fingerprint density at radius 1 is 0.809 bits per heavy atom. The number of aliphatic hydroxyl groups is 3. The van der Waals surface area contributed by atoms with Gasteiger partial charge in [0.1, 0.15) is 35.5 Å². The topological polar surface area (TPSA) is 190 Å². The van der Waals surface area contributed by atoms with E-state index in [1.165, 1.54) is 25.3 Å². The quantitative estimate of drug-likeness (QED) is 0.197. The van der Waals surface area contributed by atoms with E-state index in [-0.39, 0.29) is 22.7 Å². The van der Waals surface area contributed by atoms with Gasteiger partial charge in [-0.3, -0.25) is 9.59 Å². The molecule has 2 heterocycles. The van der Waals surface area contributed by atoms with Crippen molar-refractivity contribution in [2.75, 3.05) is 55.9 Å². The molecule has 3 aromatic carbocycles. The van der Waals surface area contributed by atoms with Crippen LogP contribution in [0, 0.1) is 0 Å². The van der Waals surface area contributed by atoms with E-state index in [0.717, 1.165) is 38.3 Å². The van der Waals surface area contributed by atoms with Crippen LogP contribution < -0.4 is 25.0 Å². The number of para-hydroxylation sites is 1. The summed E-state index contributed by atoms with van der Waals surface area (Å²) in [6, 6.07) is 17.8. The van der Waals surface area contributed by atoms with Crippen LogP contribution in [0.1, 0.15) is 27.1 Å². The maximum absolute atomic E-state index is 13.6. The molecule has 2 aliphatic rings. The minimum atomic E-state index is -1.92. The lowest BCUT2D eigenvalue weighted by molar-refractivity contribution is -0.271. The number of carbonyl (C=O) groups excluding carboxylic acids is 2. The number of methoxy groups -OCH3 is 1. The predicted octanol–water partition coefficient (Wildman–Crippen LogP) is 1.61. The number of nitrogens with one attached hydrogen (secondary N) is 2. The van der Waals surface area contributed by atoms with E-state index in [4.69, 9.17) is 14.2 Å². The lowest BCUT2D eigenvalue weighted by Crippen LogP contribution is -2.61. The molecule has 0 bridgehead atoms. The van der Waals surface area contributed by atoms with Crippen molar-refractivity contribution < 1.29 is 49.0 Å². The molecule has 0 saturated carbocycles. The molecular weight excluding hydrogens is 612 g/mol. The molecule has 0 spiro atoms. The van der Waals surface area contributed by atoms with E-state index >= 15 is 0 Å². The Bertz CT molecular complexity index is 1570. The van der Waals surface area contributed by atoms with E-state index < -0.39 is 48.5 Å². The number of nitrogens with zero attached hydrogens (tertiary/aromatic N) is 2. The summed E-state index contributed by atoms with van der Waals surface area (Å²) in [5.74, 6) is -2.22. The van der Waals surface area contributed by atoms with Gasteiger partial charge in [-0.15, -0.1) is 0 Å². The van der Waals surface area contributed by atoms with Gasteiger partial charge < -0.3 is 55.1 Å². The van der Waals surface area contributed by atoms with Crippen molar-refractivity contribution in [1.29, 1.82) is 0 Å². The molecule has 5 rings (SSSR count). The van der Waals surface area contributed by atoms with E-state index in [0.29, 0.717) is 11.3 Å². The fourth-order valence-corrected chi connectivity index (χ4v) is 5.39. The van der Waals surface area contributed by atoms with E-state index in [2.05, 4.69) is 27.5 Å². The SMILES string of the molecule is COc1ccc(C(=O)Nc2cccc(O[C@H]3O[C@H](C(=O)O)[C@@H](O)[C@H](O)[C@H]3O)c2NC(=O)c2ccc(N3CCCN(C)CC3)cc2)cc1. The van der Waals surface area contributed by atoms with Crippen molar-refractivity contribution in [2.24, 2.45) is 0 Å². The molecule has 14 nitrogen and oxygen atoms in total. The number of benzene rings is 3. The summed E-state index contributed by atoms with van der Waals surface area (Å²) in [4.78, 5) is 42.9. The highest BCUT2D eigenvalue weighted by atomic mass is 16.7. The van der Waals surface area contributed by atoms with Gasteiger partial charge in [-0.25, -0.2) is 4.79 Å². The van der Waals surface area contributed by atoms with Crippen LogP contribution in [0.3, 0.4) is 0 Å². The van der Waals surface area contributed by atoms with Crippen molar-refractivity contribution in [3.63, 3.8) is 0 Å². The van der Waals surface area contributed by atoms with Gasteiger partial charge in [0.15, 0.2) is 6.10 Å². The third kappa shape index (κ3) is 7.81. The molecule has 0 aliphatic carbocycles. The normalized spacial score (nSPS) is 23.3. The Balaban J connectivity index is 1.42. The van der Waals surface area contributed by atoms with Gasteiger partial charge in [0.2, 0.25) is 6.29 Å². The van der Waals surface area contributed by atoms with Crippen molar-refractivity contribution in [3.8, 4) is 11.5 Å². The van der Waals surface area contributed by atoms with Gasteiger partial charge in [-0.05, 0) is 80.7 Å². The Kier molecular flexibility index (Phi) is 10.6. The largest absolute Gasteiger partial charge is 0.497 e. The summed E-state index contributed by atoms with van der Waals surface area (Å²) in [5, 5.41) is 45.9. The van der Waals surface area contributed by atoms with Crippen molar-refractivity contribution in [1.82, 2.24) is 4.90 Å². The molecule has 47 heavy (non-hydrogen) atoms. The third-order valence-electron chi connectivity index (χ3n) is 8.14. The van der Waals surface area contributed by atoms with Crippen molar-refractivity contribution in [3.05, 3.63) is 77.9 Å². The summed E-state index contributed by atoms with van der Waals surface area (Å²) in [6.45, 7) is 3.68. The summed E-state index contributed by atoms with van der Waals surface area (Å²) >= 11 is 0. The predicted molar refractivity (Wildman–Crippen MR) is 171 cm³/mol. The number of carboxylic acids is 1. The molecule has 0 radical (unpaired) electrons. The maximum atomic E-state index is 13.6. The molecule has 2 aliphatic heterocycles. The second kappa shape index (κ2) is 14.8. The minimum absolute atomic E-state index is 0.0257. The van der Waals surface area contributed by atoms with Crippen LogP contribution in [0.25, 0.3) is 0 Å². The number of carbonyl (C=O) groups is 3. The summed E-state index contributed by atoms with van der Waals surface area (Å²) in [6.07, 6.45) is -8.33. The second-order valence-electron chi connectivity index (χ2n) is 11.4. The smallest absolute Gasteiger partial charge is 0.335 e. The molecule has 14 heteroatoms. The van der Waals surface area contributed by atoms with Crippen LogP contribution >= 0.6 is 0 Å². The Morgan fingerprint density at radius 2 is 1.47 bits per heavy atom. The van der Waals surface area contributed by atoms with Crippen LogP contribution in [-0.4, -0.2) is 114 Å². The molecule has 250 valence electrons. The Hall–Kier alpha value is -4.73. The van der Waals surface area contributed by atoms with Crippen molar-refractivity contribution in [2.45, 2.75) is 37.1 Å². The van der Waals surface area contributed by atoms with Crippen LogP contribution in [-0.2, 0) is 9.53 Å². The van der Waals surface area contributed by atoms with Crippen LogP contribution in [0.2, 0.25) is 0 Å². The average Bonchev–Trinajstić information content (AvgIpc) is 3.30. The summed E-state index contributed by atoms with van der Waals surface area (Å²) < 4.78 is 16.3. The average molecular weight is 651 g/mol.